The van der Waals surface area contributed by atoms with Crippen molar-refractivity contribution in [1.82, 2.24) is 5.06 Å². The third-order valence-corrected chi connectivity index (χ3v) is 2.86. The number of nitrogens with zero attached hydrogens (tertiary/aromatic N) is 1. The maximum atomic E-state index is 12.6. The molecule has 15 heavy (non-hydrogen) atoms. The van der Waals surface area contributed by atoms with Gasteiger partial charge in [-0.25, -0.2) is 4.39 Å². The summed E-state index contributed by atoms with van der Waals surface area (Å²) in [6.07, 6.45) is 3.16. The van der Waals surface area contributed by atoms with Gasteiger partial charge in [-0.1, -0.05) is 0 Å². The van der Waals surface area contributed by atoms with E-state index in [-0.39, 0.29) is 11.3 Å². The molecule has 0 saturated carbocycles. The molecule has 0 bridgehead atoms. The minimum atomic E-state index is -0.261. The zero-order chi connectivity index (χ0) is 10.7. The fourth-order valence-electron chi connectivity index (χ4n) is 1.60. The first-order valence-electron chi connectivity index (χ1n) is 5.10. The van der Waals surface area contributed by atoms with Crippen molar-refractivity contribution in [3.05, 3.63) is 30.1 Å². The van der Waals surface area contributed by atoms with Gasteiger partial charge in [0.2, 0.25) is 0 Å². The molecule has 1 saturated heterocycles. The van der Waals surface area contributed by atoms with Crippen LogP contribution in [0.4, 0.5) is 4.39 Å². The van der Waals surface area contributed by atoms with Crippen LogP contribution in [-0.4, -0.2) is 17.1 Å². The third kappa shape index (κ3) is 2.83. The van der Waals surface area contributed by atoms with E-state index in [1.165, 1.54) is 12.1 Å². The second-order valence-corrected chi connectivity index (χ2v) is 4.12. The maximum Gasteiger partial charge on any atom is 0.147 e. The quantitative estimate of drug-likeness (QED) is 0.571. The van der Waals surface area contributed by atoms with E-state index in [0.29, 0.717) is 5.75 Å². The van der Waals surface area contributed by atoms with Gasteiger partial charge in [0.25, 0.3) is 0 Å². The number of benzene rings is 1. The van der Waals surface area contributed by atoms with Crippen molar-refractivity contribution in [1.29, 1.82) is 0 Å². The highest BCUT2D eigenvalue weighted by Gasteiger charge is 2.21. The average Bonchev–Trinajstić information content (AvgIpc) is 2.25. The van der Waals surface area contributed by atoms with E-state index in [9.17, 15) is 4.39 Å². The molecule has 0 aliphatic carbocycles. The lowest BCUT2D eigenvalue weighted by Gasteiger charge is -2.30. The number of rotatable bonds is 2. The largest absolute Gasteiger partial charge is 0.405 e. The lowest BCUT2D eigenvalue weighted by atomic mass is 10.2. The van der Waals surface area contributed by atoms with Crippen LogP contribution in [0.1, 0.15) is 19.3 Å². The SMILES string of the molecule is Fc1ccc(ON2CCCCC2Cl)cc1. The van der Waals surface area contributed by atoms with E-state index in [1.807, 2.05) is 0 Å². The van der Waals surface area contributed by atoms with Gasteiger partial charge in [-0.05, 0) is 43.5 Å². The molecule has 0 amide bonds. The van der Waals surface area contributed by atoms with E-state index in [1.54, 1.807) is 17.2 Å². The average molecular weight is 230 g/mol. The van der Waals surface area contributed by atoms with Crippen LogP contribution in [0.5, 0.6) is 5.75 Å². The van der Waals surface area contributed by atoms with E-state index in [2.05, 4.69) is 0 Å². The van der Waals surface area contributed by atoms with E-state index in [4.69, 9.17) is 16.4 Å². The molecule has 1 unspecified atom stereocenters. The first-order chi connectivity index (χ1) is 7.25. The predicted octanol–water partition coefficient (Wildman–Crippen LogP) is 3.17. The Balaban J connectivity index is 1.98. The molecular formula is C11H13ClFNO. The Bertz CT molecular complexity index is 317. The van der Waals surface area contributed by atoms with Crippen LogP contribution < -0.4 is 4.84 Å². The van der Waals surface area contributed by atoms with E-state index < -0.39 is 0 Å². The number of hydroxylamine groups is 2. The second kappa shape index (κ2) is 4.81. The fourth-order valence-corrected chi connectivity index (χ4v) is 1.89. The Labute approximate surface area is 93.5 Å². The minimum Gasteiger partial charge on any atom is -0.405 e. The summed E-state index contributed by atoms with van der Waals surface area (Å²) in [4.78, 5) is 5.56. The first kappa shape index (κ1) is 10.7. The monoisotopic (exact) mass is 229 g/mol. The molecule has 2 nitrogen and oxygen atoms in total. The number of alkyl halides is 1. The van der Waals surface area contributed by atoms with Crippen molar-refractivity contribution in [2.75, 3.05) is 6.54 Å². The highest BCUT2D eigenvalue weighted by atomic mass is 35.5. The van der Waals surface area contributed by atoms with Crippen LogP contribution in [-0.2, 0) is 0 Å². The Morgan fingerprint density at radius 3 is 2.67 bits per heavy atom. The summed E-state index contributed by atoms with van der Waals surface area (Å²) in [6, 6.07) is 5.96. The van der Waals surface area contributed by atoms with Crippen LogP contribution in [0.25, 0.3) is 0 Å². The molecule has 1 fully saturated rings. The summed E-state index contributed by atoms with van der Waals surface area (Å²) in [5.41, 5.74) is -0.0798. The predicted molar refractivity (Wildman–Crippen MR) is 57.2 cm³/mol. The molecule has 1 aromatic carbocycles. The summed E-state index contributed by atoms with van der Waals surface area (Å²) in [5, 5.41) is 1.75. The topological polar surface area (TPSA) is 12.5 Å². The van der Waals surface area contributed by atoms with Crippen molar-refractivity contribution in [3.8, 4) is 5.75 Å². The van der Waals surface area contributed by atoms with Gasteiger partial charge < -0.3 is 4.84 Å². The Morgan fingerprint density at radius 1 is 1.27 bits per heavy atom. The van der Waals surface area contributed by atoms with Crippen LogP contribution in [0.3, 0.4) is 0 Å². The number of piperidine rings is 1. The molecule has 4 heteroatoms. The maximum absolute atomic E-state index is 12.6. The smallest absolute Gasteiger partial charge is 0.147 e. The van der Waals surface area contributed by atoms with Gasteiger partial charge in [0, 0.05) is 6.54 Å². The van der Waals surface area contributed by atoms with Crippen molar-refractivity contribution >= 4 is 11.6 Å². The molecule has 2 rings (SSSR count). The van der Waals surface area contributed by atoms with Crippen molar-refractivity contribution < 1.29 is 9.23 Å². The van der Waals surface area contributed by atoms with Gasteiger partial charge in [-0.2, -0.15) is 0 Å². The molecular weight excluding hydrogens is 217 g/mol. The molecule has 82 valence electrons. The van der Waals surface area contributed by atoms with Gasteiger partial charge >= 0.3 is 0 Å². The molecule has 0 spiro atoms. The normalized spacial score (nSPS) is 22.7. The second-order valence-electron chi connectivity index (χ2n) is 3.62. The fraction of sp³-hybridized carbons (Fsp3) is 0.455. The summed E-state index contributed by atoms with van der Waals surface area (Å²) >= 11 is 6.09. The van der Waals surface area contributed by atoms with Gasteiger partial charge in [-0.3, -0.25) is 0 Å². The molecule has 0 radical (unpaired) electrons. The first-order valence-corrected chi connectivity index (χ1v) is 5.53. The zero-order valence-corrected chi connectivity index (χ0v) is 9.08. The lowest BCUT2D eigenvalue weighted by molar-refractivity contribution is -0.0867. The number of hydrogen-bond acceptors (Lipinski definition) is 2. The molecule has 0 aromatic heterocycles. The van der Waals surface area contributed by atoms with Gasteiger partial charge in [-0.15, -0.1) is 16.7 Å². The standard InChI is InChI=1S/C11H13ClFNO/c12-11-3-1-2-8-14(11)15-10-6-4-9(13)5-7-10/h4-7,11H,1-3,8H2. The van der Waals surface area contributed by atoms with E-state index >= 15 is 0 Å². The zero-order valence-electron chi connectivity index (χ0n) is 8.33. The highest BCUT2D eigenvalue weighted by molar-refractivity contribution is 6.20. The summed E-state index contributed by atoms with van der Waals surface area (Å²) in [5.74, 6) is 0.368. The lowest BCUT2D eigenvalue weighted by Crippen LogP contribution is -2.38. The van der Waals surface area contributed by atoms with Crippen LogP contribution in [0.15, 0.2) is 24.3 Å². The summed E-state index contributed by atoms with van der Waals surface area (Å²) < 4.78 is 12.6. The summed E-state index contributed by atoms with van der Waals surface area (Å²) in [7, 11) is 0. The number of halogens is 2. The molecule has 1 heterocycles. The van der Waals surface area contributed by atoms with Crippen LogP contribution >= 0.6 is 11.6 Å². The Hall–Kier alpha value is -0.800. The minimum absolute atomic E-state index is 0.0798. The molecule has 1 aliphatic heterocycles. The van der Waals surface area contributed by atoms with Crippen LogP contribution in [0, 0.1) is 5.82 Å². The summed E-state index contributed by atoms with van der Waals surface area (Å²) in [6.45, 7) is 0.825. The number of hydrogen-bond donors (Lipinski definition) is 0. The van der Waals surface area contributed by atoms with Gasteiger partial charge in [0.15, 0.2) is 0 Å². The van der Waals surface area contributed by atoms with Crippen LogP contribution in [0.2, 0.25) is 0 Å². The van der Waals surface area contributed by atoms with Crippen molar-refractivity contribution in [3.63, 3.8) is 0 Å². The Morgan fingerprint density at radius 2 is 2.00 bits per heavy atom. The molecule has 1 atom stereocenters. The van der Waals surface area contributed by atoms with Crippen molar-refractivity contribution in [2.45, 2.75) is 24.8 Å². The highest BCUT2D eigenvalue weighted by Crippen LogP contribution is 2.22. The third-order valence-electron chi connectivity index (χ3n) is 2.42. The Kier molecular flexibility index (Phi) is 3.44. The molecule has 0 N–H and O–H groups in total. The van der Waals surface area contributed by atoms with Gasteiger partial charge in [0.05, 0.1) is 0 Å². The van der Waals surface area contributed by atoms with Crippen molar-refractivity contribution in [2.24, 2.45) is 0 Å². The molecule has 1 aromatic rings. The molecule has 1 aliphatic rings. The van der Waals surface area contributed by atoms with Gasteiger partial charge in [0.1, 0.15) is 17.1 Å². The van der Waals surface area contributed by atoms with E-state index in [0.717, 1.165) is 25.8 Å².